The fourth-order valence-corrected chi connectivity index (χ4v) is 1.67. The zero-order chi connectivity index (χ0) is 12.3. The summed E-state index contributed by atoms with van der Waals surface area (Å²) in [5, 5.41) is 8.84. The molecule has 0 fully saturated rings. The molecule has 1 heterocycles. The van der Waals surface area contributed by atoms with Crippen LogP contribution in [0.2, 0.25) is 0 Å². The molecule has 86 valence electrons. The first kappa shape index (κ1) is 11.4. The Balaban J connectivity index is 2.27. The average Bonchev–Trinajstić information content (AvgIpc) is 2.77. The van der Waals surface area contributed by atoms with Crippen molar-refractivity contribution in [2.45, 2.75) is 19.4 Å². The second kappa shape index (κ2) is 4.81. The summed E-state index contributed by atoms with van der Waals surface area (Å²) in [7, 11) is 0. The molecule has 0 spiro atoms. The number of nitriles is 1. The van der Waals surface area contributed by atoms with Gasteiger partial charge in [0.05, 0.1) is 23.5 Å². The predicted octanol–water partition coefficient (Wildman–Crippen LogP) is 1.84. The van der Waals surface area contributed by atoms with E-state index in [2.05, 4.69) is 16.0 Å². The topological polar surface area (TPSA) is 78.5 Å². The highest BCUT2D eigenvalue weighted by atomic mass is 14.9. The molecule has 1 atom stereocenters. The maximum absolute atomic E-state index is 8.84. The fourth-order valence-electron chi connectivity index (χ4n) is 1.67. The van der Waals surface area contributed by atoms with Crippen molar-refractivity contribution in [1.82, 2.24) is 9.97 Å². The van der Waals surface area contributed by atoms with Gasteiger partial charge < -0.3 is 10.7 Å². The molecular formula is C13H14N4. The van der Waals surface area contributed by atoms with E-state index >= 15 is 0 Å². The number of nitrogens with two attached hydrogens (primary N) is 1. The monoisotopic (exact) mass is 226 g/mol. The van der Waals surface area contributed by atoms with E-state index in [9.17, 15) is 0 Å². The van der Waals surface area contributed by atoms with E-state index < -0.39 is 0 Å². The molecule has 2 aromatic rings. The molecule has 1 unspecified atom stereocenters. The highest BCUT2D eigenvalue weighted by Crippen LogP contribution is 2.18. The van der Waals surface area contributed by atoms with E-state index in [1.54, 1.807) is 12.3 Å². The number of imidazole rings is 1. The van der Waals surface area contributed by atoms with Gasteiger partial charge in [0.15, 0.2) is 0 Å². The summed E-state index contributed by atoms with van der Waals surface area (Å²) in [5.74, 6) is 0.873. The first-order valence-corrected chi connectivity index (χ1v) is 5.49. The highest BCUT2D eigenvalue weighted by Gasteiger charge is 2.05. The second-order valence-corrected chi connectivity index (χ2v) is 4.12. The number of aromatic amines is 1. The van der Waals surface area contributed by atoms with Crippen LogP contribution in [-0.2, 0) is 6.42 Å². The summed E-state index contributed by atoms with van der Waals surface area (Å²) in [6.07, 6.45) is 2.49. The van der Waals surface area contributed by atoms with Crippen molar-refractivity contribution < 1.29 is 0 Å². The molecule has 0 aliphatic carbocycles. The Bertz CT molecular complexity index is 549. The van der Waals surface area contributed by atoms with Crippen LogP contribution in [0.3, 0.4) is 0 Å². The van der Waals surface area contributed by atoms with Crippen LogP contribution < -0.4 is 5.73 Å². The lowest BCUT2D eigenvalue weighted by Gasteiger charge is -2.01. The van der Waals surface area contributed by atoms with Crippen molar-refractivity contribution in [3.8, 4) is 17.3 Å². The number of nitrogens with one attached hydrogen (secondary N) is 1. The fraction of sp³-hybridized carbons (Fsp3) is 0.231. The first-order chi connectivity index (χ1) is 8.19. The van der Waals surface area contributed by atoms with Gasteiger partial charge in [-0.2, -0.15) is 5.26 Å². The van der Waals surface area contributed by atoms with Gasteiger partial charge in [-0.15, -0.1) is 0 Å². The molecule has 0 bridgehead atoms. The smallest absolute Gasteiger partial charge is 0.108 e. The van der Waals surface area contributed by atoms with Crippen LogP contribution in [0.5, 0.6) is 0 Å². The van der Waals surface area contributed by atoms with Crippen molar-refractivity contribution in [3.05, 3.63) is 41.9 Å². The van der Waals surface area contributed by atoms with E-state index in [0.29, 0.717) is 5.56 Å². The molecule has 1 aromatic carbocycles. The number of aromatic nitrogens is 2. The van der Waals surface area contributed by atoms with Gasteiger partial charge in [-0.25, -0.2) is 4.98 Å². The Morgan fingerprint density at radius 2 is 2.35 bits per heavy atom. The third-order valence-corrected chi connectivity index (χ3v) is 2.45. The first-order valence-electron chi connectivity index (χ1n) is 5.49. The minimum absolute atomic E-state index is 0.0828. The Labute approximate surface area is 100 Å². The van der Waals surface area contributed by atoms with Crippen molar-refractivity contribution in [2.75, 3.05) is 0 Å². The summed E-state index contributed by atoms with van der Waals surface area (Å²) in [6.45, 7) is 1.94. The molecule has 0 amide bonds. The molecule has 4 heteroatoms. The van der Waals surface area contributed by atoms with Crippen LogP contribution >= 0.6 is 0 Å². The zero-order valence-electron chi connectivity index (χ0n) is 9.64. The van der Waals surface area contributed by atoms with E-state index in [1.807, 2.05) is 25.1 Å². The molecular weight excluding hydrogens is 212 g/mol. The minimum Gasteiger partial charge on any atom is -0.342 e. The van der Waals surface area contributed by atoms with Gasteiger partial charge in [-0.3, -0.25) is 0 Å². The summed E-state index contributed by atoms with van der Waals surface area (Å²) < 4.78 is 0. The molecule has 0 radical (unpaired) electrons. The third-order valence-electron chi connectivity index (χ3n) is 2.45. The predicted molar refractivity (Wildman–Crippen MR) is 66.1 cm³/mol. The molecule has 0 aliphatic heterocycles. The number of rotatable bonds is 3. The van der Waals surface area contributed by atoms with E-state index in [4.69, 9.17) is 11.0 Å². The number of benzene rings is 1. The molecule has 0 saturated carbocycles. The molecule has 17 heavy (non-hydrogen) atoms. The van der Waals surface area contributed by atoms with Gasteiger partial charge in [-0.05, 0) is 19.1 Å². The molecule has 0 aliphatic rings. The van der Waals surface area contributed by atoms with Gasteiger partial charge in [0.2, 0.25) is 0 Å². The van der Waals surface area contributed by atoms with E-state index in [1.165, 1.54) is 0 Å². The maximum atomic E-state index is 8.84. The second-order valence-electron chi connectivity index (χ2n) is 4.12. The van der Waals surface area contributed by atoms with Gasteiger partial charge in [0, 0.05) is 18.0 Å². The number of H-pyrrole nitrogens is 1. The summed E-state index contributed by atoms with van der Waals surface area (Å²) >= 11 is 0. The van der Waals surface area contributed by atoms with E-state index in [0.717, 1.165) is 23.5 Å². The lowest BCUT2D eigenvalue weighted by molar-refractivity contribution is 0.710. The van der Waals surface area contributed by atoms with Crippen LogP contribution in [0.25, 0.3) is 11.3 Å². The van der Waals surface area contributed by atoms with Gasteiger partial charge >= 0.3 is 0 Å². The largest absolute Gasteiger partial charge is 0.342 e. The van der Waals surface area contributed by atoms with Crippen LogP contribution in [0.4, 0.5) is 0 Å². The van der Waals surface area contributed by atoms with Crippen LogP contribution in [0.15, 0.2) is 30.5 Å². The van der Waals surface area contributed by atoms with Crippen LogP contribution in [-0.4, -0.2) is 16.0 Å². The quantitative estimate of drug-likeness (QED) is 0.838. The standard InChI is InChI=1S/C13H14N4/c1-9(15)5-13-16-8-12(17-13)11-4-2-3-10(6-11)7-14/h2-4,6,8-9H,5,15H2,1H3,(H,16,17). The lowest BCUT2D eigenvalue weighted by atomic mass is 10.1. The van der Waals surface area contributed by atoms with Crippen LogP contribution in [0.1, 0.15) is 18.3 Å². The van der Waals surface area contributed by atoms with Gasteiger partial charge in [-0.1, -0.05) is 12.1 Å². The maximum Gasteiger partial charge on any atom is 0.108 e. The Morgan fingerprint density at radius 3 is 3.06 bits per heavy atom. The number of hydrogen-bond acceptors (Lipinski definition) is 3. The average molecular weight is 226 g/mol. The van der Waals surface area contributed by atoms with Crippen molar-refractivity contribution in [2.24, 2.45) is 5.73 Å². The molecule has 4 nitrogen and oxygen atoms in total. The number of hydrogen-bond donors (Lipinski definition) is 2. The molecule has 1 aromatic heterocycles. The minimum atomic E-state index is 0.0828. The van der Waals surface area contributed by atoms with E-state index in [-0.39, 0.29) is 6.04 Å². The Kier molecular flexibility index (Phi) is 3.22. The Hall–Kier alpha value is -2.12. The third kappa shape index (κ3) is 2.71. The molecule has 0 saturated heterocycles. The lowest BCUT2D eigenvalue weighted by Crippen LogP contribution is -2.18. The van der Waals surface area contributed by atoms with Crippen molar-refractivity contribution >= 4 is 0 Å². The summed E-state index contributed by atoms with van der Waals surface area (Å²) in [6, 6.07) is 9.63. The molecule has 2 rings (SSSR count). The number of nitrogens with zero attached hydrogens (tertiary/aromatic N) is 2. The Morgan fingerprint density at radius 1 is 1.53 bits per heavy atom. The van der Waals surface area contributed by atoms with Crippen molar-refractivity contribution in [3.63, 3.8) is 0 Å². The van der Waals surface area contributed by atoms with Crippen molar-refractivity contribution in [1.29, 1.82) is 5.26 Å². The SMILES string of the molecule is CC(N)Cc1ncc(-c2cccc(C#N)c2)[nH]1. The summed E-state index contributed by atoms with van der Waals surface area (Å²) in [5.41, 5.74) is 8.24. The molecule has 3 N–H and O–H groups in total. The highest BCUT2D eigenvalue weighted by molar-refractivity contribution is 5.60. The zero-order valence-corrected chi connectivity index (χ0v) is 9.64. The van der Waals surface area contributed by atoms with Crippen LogP contribution in [0, 0.1) is 11.3 Å². The normalized spacial score (nSPS) is 12.1. The van der Waals surface area contributed by atoms with Gasteiger partial charge in [0.1, 0.15) is 5.82 Å². The van der Waals surface area contributed by atoms with Gasteiger partial charge in [0.25, 0.3) is 0 Å². The summed E-state index contributed by atoms with van der Waals surface area (Å²) in [4.78, 5) is 7.48.